The average molecular weight is 289 g/mol. The fourth-order valence-electron chi connectivity index (χ4n) is 1.70. The van der Waals surface area contributed by atoms with E-state index in [1.165, 1.54) is 6.07 Å². The van der Waals surface area contributed by atoms with Crippen LogP contribution in [0.1, 0.15) is 10.4 Å². The first-order chi connectivity index (χ1) is 9.68. The molecule has 0 aromatic heterocycles. The molecule has 0 bridgehead atoms. The zero-order valence-electron chi connectivity index (χ0n) is 10.8. The summed E-state index contributed by atoms with van der Waals surface area (Å²) >= 11 is 1.65. The van der Waals surface area contributed by atoms with Gasteiger partial charge in [0.05, 0.1) is 12.3 Å². The highest BCUT2D eigenvalue weighted by molar-refractivity contribution is 7.99. The number of rotatable bonds is 6. The second-order valence-electron chi connectivity index (χ2n) is 4.04. The number of benzene rings is 2. The smallest absolute Gasteiger partial charge is 0.339 e. The molecular weight excluding hydrogens is 274 g/mol. The van der Waals surface area contributed by atoms with Gasteiger partial charge in [-0.3, -0.25) is 0 Å². The Morgan fingerprint density at radius 3 is 2.60 bits per heavy atom. The van der Waals surface area contributed by atoms with Gasteiger partial charge in [-0.1, -0.05) is 24.3 Å². The van der Waals surface area contributed by atoms with Crippen molar-refractivity contribution in [3.8, 4) is 5.75 Å². The van der Waals surface area contributed by atoms with Crippen LogP contribution in [0.25, 0.3) is 0 Å². The van der Waals surface area contributed by atoms with Gasteiger partial charge in [-0.25, -0.2) is 4.79 Å². The number of carbonyl (C=O) groups is 1. The normalized spacial score (nSPS) is 10.2. The topological polar surface area (TPSA) is 72.6 Å². The van der Waals surface area contributed by atoms with Crippen LogP contribution in [-0.4, -0.2) is 23.4 Å². The number of hydrogen-bond donors (Lipinski definition) is 2. The van der Waals surface area contributed by atoms with Crippen molar-refractivity contribution in [2.24, 2.45) is 0 Å². The monoisotopic (exact) mass is 289 g/mol. The van der Waals surface area contributed by atoms with Crippen molar-refractivity contribution in [3.63, 3.8) is 0 Å². The molecule has 0 aliphatic rings. The standard InChI is InChI=1S/C15H15NO3S/c16-13-8-4-7-12(15(17)18)14(13)19-9-10-20-11-5-2-1-3-6-11/h1-8H,9-10,16H2,(H,17,18). The van der Waals surface area contributed by atoms with Crippen molar-refractivity contribution in [2.75, 3.05) is 18.1 Å². The number of hydrogen-bond acceptors (Lipinski definition) is 4. The van der Waals surface area contributed by atoms with Crippen molar-refractivity contribution in [1.29, 1.82) is 0 Å². The second kappa shape index (κ2) is 6.86. The molecule has 0 fully saturated rings. The zero-order valence-corrected chi connectivity index (χ0v) is 11.6. The van der Waals surface area contributed by atoms with E-state index in [0.717, 1.165) is 10.6 Å². The Kier molecular flexibility index (Phi) is 4.90. The Morgan fingerprint density at radius 1 is 1.15 bits per heavy atom. The molecule has 3 N–H and O–H groups in total. The lowest BCUT2D eigenvalue weighted by molar-refractivity contribution is 0.0692. The first-order valence-corrected chi connectivity index (χ1v) is 7.09. The fourth-order valence-corrected chi connectivity index (χ4v) is 2.46. The number of para-hydroxylation sites is 1. The van der Waals surface area contributed by atoms with E-state index in [0.29, 0.717) is 12.3 Å². The molecule has 2 aromatic carbocycles. The van der Waals surface area contributed by atoms with Gasteiger partial charge in [0.2, 0.25) is 0 Å². The largest absolute Gasteiger partial charge is 0.490 e. The van der Waals surface area contributed by atoms with E-state index in [-0.39, 0.29) is 11.3 Å². The van der Waals surface area contributed by atoms with Crippen LogP contribution < -0.4 is 10.5 Å². The Bertz CT molecular complexity index is 587. The lowest BCUT2D eigenvalue weighted by atomic mass is 10.2. The molecule has 0 amide bonds. The Balaban J connectivity index is 1.93. The molecule has 20 heavy (non-hydrogen) atoms. The summed E-state index contributed by atoms with van der Waals surface area (Å²) in [5.74, 6) is -0.0751. The minimum Gasteiger partial charge on any atom is -0.490 e. The van der Waals surface area contributed by atoms with E-state index >= 15 is 0 Å². The third kappa shape index (κ3) is 3.68. The minimum absolute atomic E-state index is 0.0923. The third-order valence-corrected chi connectivity index (χ3v) is 3.59. The van der Waals surface area contributed by atoms with Crippen LogP contribution in [0.15, 0.2) is 53.4 Å². The van der Waals surface area contributed by atoms with Crippen molar-refractivity contribution < 1.29 is 14.6 Å². The number of nitrogens with two attached hydrogens (primary N) is 1. The maximum atomic E-state index is 11.1. The lowest BCUT2D eigenvalue weighted by Gasteiger charge is -2.11. The van der Waals surface area contributed by atoms with Gasteiger partial charge in [-0.2, -0.15) is 0 Å². The maximum Gasteiger partial charge on any atom is 0.339 e. The van der Waals surface area contributed by atoms with Crippen LogP contribution >= 0.6 is 11.8 Å². The summed E-state index contributed by atoms with van der Waals surface area (Å²) in [6, 6.07) is 14.7. The summed E-state index contributed by atoms with van der Waals surface area (Å²) in [4.78, 5) is 12.2. The predicted molar refractivity (Wildman–Crippen MR) is 80.5 cm³/mol. The lowest BCUT2D eigenvalue weighted by Crippen LogP contribution is -2.08. The molecule has 0 unspecified atom stereocenters. The Labute approximate surface area is 121 Å². The maximum absolute atomic E-state index is 11.1. The van der Waals surface area contributed by atoms with Crippen LogP contribution in [0.3, 0.4) is 0 Å². The zero-order chi connectivity index (χ0) is 14.4. The van der Waals surface area contributed by atoms with E-state index < -0.39 is 5.97 Å². The summed E-state index contributed by atoms with van der Waals surface area (Å²) in [6.07, 6.45) is 0. The first-order valence-electron chi connectivity index (χ1n) is 6.11. The van der Waals surface area contributed by atoms with E-state index in [4.69, 9.17) is 15.6 Å². The number of carboxylic acids is 1. The van der Waals surface area contributed by atoms with Gasteiger partial charge in [-0.15, -0.1) is 11.8 Å². The predicted octanol–water partition coefficient (Wildman–Crippen LogP) is 3.14. The van der Waals surface area contributed by atoms with Crippen LogP contribution in [0, 0.1) is 0 Å². The van der Waals surface area contributed by atoms with Gasteiger partial charge >= 0.3 is 5.97 Å². The van der Waals surface area contributed by atoms with Crippen LogP contribution in [0.4, 0.5) is 5.69 Å². The van der Waals surface area contributed by atoms with E-state index in [1.807, 2.05) is 30.3 Å². The summed E-state index contributed by atoms with van der Waals surface area (Å²) < 4.78 is 5.52. The van der Waals surface area contributed by atoms with Gasteiger partial charge < -0.3 is 15.6 Å². The number of aromatic carboxylic acids is 1. The van der Waals surface area contributed by atoms with E-state index in [9.17, 15) is 4.79 Å². The minimum atomic E-state index is -1.04. The molecule has 2 aromatic rings. The molecule has 0 radical (unpaired) electrons. The van der Waals surface area contributed by atoms with Crippen LogP contribution in [0.2, 0.25) is 0 Å². The molecule has 5 heteroatoms. The summed E-state index contributed by atoms with van der Waals surface area (Å²) in [7, 11) is 0. The molecule has 0 saturated heterocycles. The second-order valence-corrected chi connectivity index (χ2v) is 5.21. The number of thioether (sulfide) groups is 1. The Morgan fingerprint density at radius 2 is 1.90 bits per heavy atom. The highest BCUT2D eigenvalue weighted by Crippen LogP contribution is 2.27. The molecule has 0 heterocycles. The van der Waals surface area contributed by atoms with Crippen molar-refractivity contribution >= 4 is 23.4 Å². The highest BCUT2D eigenvalue weighted by Gasteiger charge is 2.13. The average Bonchev–Trinajstić information content (AvgIpc) is 2.45. The molecule has 0 spiro atoms. The van der Waals surface area contributed by atoms with Gasteiger partial charge in [0.15, 0.2) is 5.75 Å². The van der Waals surface area contributed by atoms with Crippen LogP contribution in [0.5, 0.6) is 5.75 Å². The molecule has 2 rings (SSSR count). The van der Waals surface area contributed by atoms with Gasteiger partial charge in [0.25, 0.3) is 0 Å². The Hall–Kier alpha value is -2.14. The summed E-state index contributed by atoms with van der Waals surface area (Å²) in [5, 5.41) is 9.08. The number of ether oxygens (including phenoxy) is 1. The molecule has 0 atom stereocenters. The third-order valence-electron chi connectivity index (χ3n) is 2.62. The first kappa shape index (κ1) is 14.3. The van der Waals surface area contributed by atoms with Gasteiger partial charge in [0, 0.05) is 10.6 Å². The molecule has 104 valence electrons. The molecule has 0 aliphatic carbocycles. The number of carboxylic acid groups (broad SMARTS) is 1. The SMILES string of the molecule is Nc1cccc(C(=O)O)c1OCCSc1ccccc1. The summed E-state index contributed by atoms with van der Waals surface area (Å²) in [6.45, 7) is 0.397. The van der Waals surface area contributed by atoms with E-state index in [2.05, 4.69) is 0 Å². The molecule has 4 nitrogen and oxygen atoms in total. The molecule has 0 saturated carbocycles. The fraction of sp³-hybridized carbons (Fsp3) is 0.133. The molecule has 0 aliphatic heterocycles. The number of anilines is 1. The highest BCUT2D eigenvalue weighted by atomic mass is 32.2. The van der Waals surface area contributed by atoms with Crippen molar-refractivity contribution in [1.82, 2.24) is 0 Å². The quantitative estimate of drug-likeness (QED) is 0.485. The van der Waals surface area contributed by atoms with Crippen molar-refractivity contribution in [2.45, 2.75) is 4.90 Å². The summed E-state index contributed by atoms with van der Waals surface area (Å²) in [5.41, 5.74) is 6.19. The number of nitrogen functional groups attached to an aromatic ring is 1. The van der Waals surface area contributed by atoms with Gasteiger partial charge in [-0.05, 0) is 24.3 Å². The van der Waals surface area contributed by atoms with E-state index in [1.54, 1.807) is 23.9 Å². The molecular formula is C15H15NO3S. The van der Waals surface area contributed by atoms with Crippen LogP contribution in [-0.2, 0) is 0 Å². The van der Waals surface area contributed by atoms with Crippen molar-refractivity contribution in [3.05, 3.63) is 54.1 Å². The van der Waals surface area contributed by atoms with Gasteiger partial charge in [0.1, 0.15) is 5.56 Å².